The van der Waals surface area contributed by atoms with Crippen LogP contribution < -0.4 is 25.4 Å². The van der Waals surface area contributed by atoms with Crippen molar-refractivity contribution in [2.45, 2.75) is 25.3 Å². The number of nitrogens with zero attached hydrogens (tertiary/aromatic N) is 7. The summed E-state index contributed by atoms with van der Waals surface area (Å²) in [5.41, 5.74) is -4.14. The van der Waals surface area contributed by atoms with Crippen LogP contribution in [0.4, 0.5) is 43.8 Å². The Bertz CT molecular complexity index is 1290. The van der Waals surface area contributed by atoms with Crippen LogP contribution in [0.25, 0.3) is 0 Å². The molecule has 2 N–H and O–H groups in total. The van der Waals surface area contributed by atoms with Gasteiger partial charge in [-0.15, -0.1) is 0 Å². The van der Waals surface area contributed by atoms with Gasteiger partial charge in [0, 0.05) is 44.6 Å². The lowest BCUT2D eigenvalue weighted by molar-refractivity contribution is -0.139. The van der Waals surface area contributed by atoms with Crippen molar-refractivity contribution in [3.8, 4) is 5.88 Å². The molecule has 0 radical (unpaired) electrons. The molecule has 1 fully saturated rings. The average molecular weight is 545 g/mol. The Morgan fingerprint density at radius 2 is 1.63 bits per heavy atom. The third-order valence-electron chi connectivity index (χ3n) is 5.50. The summed E-state index contributed by atoms with van der Waals surface area (Å²) in [6, 6.07) is 0.915. The molecule has 0 saturated carbocycles. The normalized spacial score (nSPS) is 15.3. The van der Waals surface area contributed by atoms with E-state index in [2.05, 4.69) is 30.4 Å². The molecule has 0 spiro atoms. The van der Waals surface area contributed by atoms with Crippen molar-refractivity contribution in [3.63, 3.8) is 0 Å². The van der Waals surface area contributed by atoms with E-state index in [1.165, 1.54) is 6.33 Å². The molecule has 0 aliphatic carbocycles. The molecule has 0 bridgehead atoms. The monoisotopic (exact) mass is 545 g/mol. The van der Waals surface area contributed by atoms with Crippen LogP contribution in [-0.4, -0.2) is 69.0 Å². The molecular weight excluding hydrogens is 524 g/mol. The largest absolute Gasteiger partial charge is 0.475 e. The summed E-state index contributed by atoms with van der Waals surface area (Å²) < 4.78 is 83.4. The SMILES string of the molecule is CC(COc1cc(N2CCN(c3ncc(C(F)(F)F)cn3)CC2)ncn1)Nc1cn[nH]c(=O)c1C(F)(F)F. The number of H-pyrrole nitrogens is 1. The van der Waals surface area contributed by atoms with Gasteiger partial charge in [-0.1, -0.05) is 0 Å². The molecule has 204 valence electrons. The molecule has 0 aromatic carbocycles. The molecule has 1 saturated heterocycles. The molecule has 1 aliphatic rings. The van der Waals surface area contributed by atoms with Crippen LogP contribution in [0.1, 0.15) is 18.1 Å². The van der Waals surface area contributed by atoms with Crippen molar-refractivity contribution >= 4 is 17.5 Å². The van der Waals surface area contributed by atoms with Crippen LogP contribution >= 0.6 is 0 Å². The van der Waals surface area contributed by atoms with Crippen molar-refractivity contribution in [1.29, 1.82) is 0 Å². The number of nitrogens with one attached hydrogen (secondary N) is 2. The highest BCUT2D eigenvalue weighted by Gasteiger charge is 2.37. The standard InChI is InChI=1S/C21H21F6N9O2/c1-12(33-14-9-32-34-18(37)17(14)21(25,26)27)10-38-16-6-15(30-11-31-16)35-2-4-36(5-3-35)19-28-7-13(8-29-19)20(22,23)24/h6-9,11-12H,2-5,10H2,1H3,(H2,33,34,37). The van der Waals surface area contributed by atoms with Gasteiger partial charge in [-0.2, -0.15) is 31.4 Å². The Morgan fingerprint density at radius 1 is 0.974 bits per heavy atom. The van der Waals surface area contributed by atoms with Gasteiger partial charge in [-0.25, -0.2) is 25.0 Å². The van der Waals surface area contributed by atoms with Crippen LogP contribution in [0.15, 0.2) is 35.8 Å². The number of hydrogen-bond donors (Lipinski definition) is 2. The lowest BCUT2D eigenvalue weighted by Gasteiger charge is -2.35. The number of aromatic nitrogens is 6. The van der Waals surface area contributed by atoms with Crippen molar-refractivity contribution in [3.05, 3.63) is 52.5 Å². The summed E-state index contributed by atoms with van der Waals surface area (Å²) in [5.74, 6) is 0.897. The topological polar surface area (TPSA) is 125 Å². The van der Waals surface area contributed by atoms with Crippen molar-refractivity contribution in [2.24, 2.45) is 0 Å². The van der Waals surface area contributed by atoms with Crippen LogP contribution in [0, 0.1) is 0 Å². The maximum atomic E-state index is 13.2. The molecule has 1 unspecified atom stereocenters. The van der Waals surface area contributed by atoms with Gasteiger partial charge in [0.15, 0.2) is 0 Å². The van der Waals surface area contributed by atoms with Crippen LogP contribution in [0.2, 0.25) is 0 Å². The van der Waals surface area contributed by atoms with Gasteiger partial charge in [0.1, 0.15) is 24.3 Å². The lowest BCUT2D eigenvalue weighted by atomic mass is 10.2. The Kier molecular flexibility index (Phi) is 7.54. The quantitative estimate of drug-likeness (QED) is 0.428. The molecule has 38 heavy (non-hydrogen) atoms. The second-order valence-electron chi connectivity index (χ2n) is 8.30. The number of hydrogen-bond acceptors (Lipinski definition) is 10. The first-order valence-corrected chi connectivity index (χ1v) is 11.2. The smallest absolute Gasteiger partial charge is 0.423 e. The van der Waals surface area contributed by atoms with Gasteiger partial charge < -0.3 is 19.9 Å². The zero-order valence-corrected chi connectivity index (χ0v) is 19.7. The van der Waals surface area contributed by atoms with E-state index in [9.17, 15) is 31.1 Å². The third kappa shape index (κ3) is 6.38. The third-order valence-corrected chi connectivity index (χ3v) is 5.50. The maximum absolute atomic E-state index is 13.2. The van der Waals surface area contributed by atoms with E-state index in [1.54, 1.807) is 23.0 Å². The van der Waals surface area contributed by atoms with E-state index in [0.717, 1.165) is 18.6 Å². The summed E-state index contributed by atoms with van der Waals surface area (Å²) >= 11 is 0. The van der Waals surface area contributed by atoms with Gasteiger partial charge >= 0.3 is 12.4 Å². The molecule has 11 nitrogen and oxygen atoms in total. The average Bonchev–Trinajstić information content (AvgIpc) is 2.87. The van der Waals surface area contributed by atoms with Gasteiger partial charge in [-0.05, 0) is 6.92 Å². The van der Waals surface area contributed by atoms with E-state index >= 15 is 0 Å². The highest BCUT2D eigenvalue weighted by atomic mass is 19.4. The fraction of sp³-hybridized carbons (Fsp3) is 0.429. The number of rotatable bonds is 7. The van der Waals surface area contributed by atoms with Crippen LogP contribution in [-0.2, 0) is 12.4 Å². The summed E-state index contributed by atoms with van der Waals surface area (Å²) in [5, 5.41) is 7.75. The van der Waals surface area contributed by atoms with E-state index in [-0.39, 0.29) is 18.4 Å². The van der Waals surface area contributed by atoms with Gasteiger partial charge in [0.2, 0.25) is 11.8 Å². The number of anilines is 3. The van der Waals surface area contributed by atoms with Crippen LogP contribution in [0.3, 0.4) is 0 Å². The number of alkyl halides is 6. The summed E-state index contributed by atoms with van der Waals surface area (Å²) in [6.07, 6.45) is -5.75. The fourth-order valence-corrected chi connectivity index (χ4v) is 3.65. The second kappa shape index (κ2) is 10.7. The molecule has 3 aromatic rings. The van der Waals surface area contributed by atoms with Gasteiger partial charge in [0.25, 0.3) is 5.56 Å². The Balaban J connectivity index is 1.33. The highest BCUT2D eigenvalue weighted by Crippen LogP contribution is 2.32. The van der Waals surface area contributed by atoms with Crippen molar-refractivity contribution in [1.82, 2.24) is 30.1 Å². The molecule has 1 aliphatic heterocycles. The lowest BCUT2D eigenvalue weighted by Crippen LogP contribution is -2.47. The summed E-state index contributed by atoms with van der Waals surface area (Å²) in [4.78, 5) is 31.1. The number of ether oxygens (including phenoxy) is 1. The first-order valence-electron chi connectivity index (χ1n) is 11.2. The maximum Gasteiger partial charge on any atom is 0.423 e. The molecule has 17 heteroatoms. The minimum absolute atomic E-state index is 0.0837. The van der Waals surface area contributed by atoms with E-state index in [0.29, 0.717) is 32.0 Å². The predicted molar refractivity (Wildman–Crippen MR) is 122 cm³/mol. The Morgan fingerprint density at radius 3 is 2.26 bits per heavy atom. The first-order chi connectivity index (χ1) is 17.9. The van der Waals surface area contributed by atoms with Crippen molar-refractivity contribution < 1.29 is 31.1 Å². The minimum atomic E-state index is -4.87. The first kappa shape index (κ1) is 26.9. The zero-order chi connectivity index (χ0) is 27.5. The summed E-state index contributed by atoms with van der Waals surface area (Å²) in [7, 11) is 0. The van der Waals surface area contributed by atoms with Crippen LogP contribution in [0.5, 0.6) is 5.88 Å². The number of piperazine rings is 1. The second-order valence-corrected chi connectivity index (χ2v) is 8.30. The number of halogens is 6. The summed E-state index contributed by atoms with van der Waals surface area (Å²) in [6.45, 7) is 3.27. The molecule has 3 aromatic heterocycles. The minimum Gasteiger partial charge on any atom is -0.475 e. The van der Waals surface area contributed by atoms with Gasteiger partial charge in [-0.3, -0.25) is 4.79 Å². The van der Waals surface area contributed by atoms with E-state index in [1.807, 2.05) is 4.90 Å². The number of aromatic amines is 1. The van der Waals surface area contributed by atoms with Crippen molar-refractivity contribution in [2.75, 3.05) is 47.9 Å². The zero-order valence-electron chi connectivity index (χ0n) is 19.7. The Hall–Kier alpha value is -4.18. The van der Waals surface area contributed by atoms with Gasteiger partial charge in [0.05, 0.1) is 23.5 Å². The highest BCUT2D eigenvalue weighted by molar-refractivity contribution is 5.50. The molecule has 4 rings (SSSR count). The van der Waals surface area contributed by atoms with E-state index < -0.39 is 40.8 Å². The molecule has 1 atom stereocenters. The Labute approximate surface area is 210 Å². The fourth-order valence-electron chi connectivity index (χ4n) is 3.65. The van der Waals surface area contributed by atoms with E-state index in [4.69, 9.17) is 4.74 Å². The molecule has 0 amide bonds. The molecular formula is C21H21F6N9O2. The molecule has 4 heterocycles. The predicted octanol–water partition coefficient (Wildman–Crippen LogP) is 2.59.